The van der Waals surface area contributed by atoms with Gasteiger partial charge in [-0.25, -0.2) is 18.4 Å². The molecule has 2 N–H and O–H groups in total. The number of aromatic nitrogens is 2. The molecule has 3 rings (SSSR count). The number of anilines is 2. The summed E-state index contributed by atoms with van der Waals surface area (Å²) in [6, 6.07) is 15.5. The summed E-state index contributed by atoms with van der Waals surface area (Å²) in [4.78, 5) is 9.11. The summed E-state index contributed by atoms with van der Waals surface area (Å²) in [7, 11) is -2.12. The monoisotopic (exact) mass is 372 g/mol. The first kappa shape index (κ1) is 18.1. The lowest BCUT2D eigenvalue weighted by molar-refractivity contribution is 0.198. The average molecular weight is 372 g/mol. The predicted octanol–water partition coefficient (Wildman–Crippen LogP) is 2.88. The van der Waals surface area contributed by atoms with Crippen molar-refractivity contribution in [1.29, 1.82) is 0 Å². The van der Waals surface area contributed by atoms with Crippen LogP contribution in [0.2, 0.25) is 0 Å². The molecule has 0 aliphatic heterocycles. The number of nitrogens with one attached hydrogen (secondary N) is 2. The van der Waals surface area contributed by atoms with E-state index in [2.05, 4.69) is 20.0 Å². The summed E-state index contributed by atoms with van der Waals surface area (Å²) in [6.07, 6.45) is 0.760. The van der Waals surface area contributed by atoms with Gasteiger partial charge in [-0.2, -0.15) is 0 Å². The number of methoxy groups -OCH3 is 1. The van der Waals surface area contributed by atoms with E-state index in [4.69, 9.17) is 4.74 Å². The molecule has 1 aromatic heterocycles. The van der Waals surface area contributed by atoms with Crippen LogP contribution in [-0.2, 0) is 14.8 Å². The fraction of sp³-hybridized carbons (Fsp3) is 0.222. The van der Waals surface area contributed by atoms with Crippen LogP contribution in [0.5, 0.6) is 0 Å². The molecule has 0 spiro atoms. The molecule has 0 fully saturated rings. The van der Waals surface area contributed by atoms with Crippen molar-refractivity contribution in [2.24, 2.45) is 0 Å². The van der Waals surface area contributed by atoms with Gasteiger partial charge in [0.25, 0.3) is 10.0 Å². The highest BCUT2D eigenvalue weighted by atomic mass is 32.2. The van der Waals surface area contributed by atoms with Crippen LogP contribution < -0.4 is 10.0 Å². The average Bonchev–Trinajstić information content (AvgIpc) is 2.66. The topological polar surface area (TPSA) is 93.2 Å². The molecule has 3 aromatic rings. The third-order valence-corrected chi connectivity index (χ3v) is 5.03. The third-order valence-electron chi connectivity index (χ3n) is 3.67. The Morgan fingerprint density at radius 3 is 2.19 bits per heavy atom. The minimum absolute atomic E-state index is 0.167. The standard InChI is InChI=1S/C18H20N4O3S/c1-25-13-7-12-19-17-18(21-16-11-6-5-10-15(16)20-17)22-26(23,24)14-8-3-2-4-9-14/h2-6,8-11H,7,12-13H2,1H3,(H,19,20)(H,21,22). The molecular weight excluding hydrogens is 352 g/mol. The van der Waals surface area contributed by atoms with Crippen molar-refractivity contribution >= 4 is 32.7 Å². The summed E-state index contributed by atoms with van der Waals surface area (Å²) in [5.74, 6) is 0.560. The second-order valence-corrected chi connectivity index (χ2v) is 7.28. The van der Waals surface area contributed by atoms with Crippen molar-refractivity contribution < 1.29 is 13.2 Å². The van der Waals surface area contributed by atoms with Crippen LogP contribution in [0.25, 0.3) is 11.0 Å². The molecular formula is C18H20N4O3S. The Bertz CT molecular complexity index is 978. The van der Waals surface area contributed by atoms with Crippen molar-refractivity contribution in [2.75, 3.05) is 30.3 Å². The minimum Gasteiger partial charge on any atom is -0.385 e. The van der Waals surface area contributed by atoms with Crippen LogP contribution in [-0.4, -0.2) is 38.6 Å². The van der Waals surface area contributed by atoms with Crippen molar-refractivity contribution in [3.63, 3.8) is 0 Å². The van der Waals surface area contributed by atoms with E-state index >= 15 is 0 Å². The highest BCUT2D eigenvalue weighted by Gasteiger charge is 2.18. The highest BCUT2D eigenvalue weighted by molar-refractivity contribution is 7.92. The van der Waals surface area contributed by atoms with E-state index in [1.54, 1.807) is 31.4 Å². The van der Waals surface area contributed by atoms with Crippen LogP contribution in [0.15, 0.2) is 59.5 Å². The van der Waals surface area contributed by atoms with E-state index in [0.29, 0.717) is 30.0 Å². The van der Waals surface area contributed by atoms with Gasteiger partial charge in [0.05, 0.1) is 15.9 Å². The first-order valence-corrected chi connectivity index (χ1v) is 9.66. The van der Waals surface area contributed by atoms with Gasteiger partial charge >= 0.3 is 0 Å². The molecule has 136 valence electrons. The van der Waals surface area contributed by atoms with E-state index in [-0.39, 0.29) is 10.7 Å². The normalized spacial score (nSPS) is 11.4. The molecule has 7 nitrogen and oxygen atoms in total. The quantitative estimate of drug-likeness (QED) is 0.591. The Kier molecular flexibility index (Phi) is 5.65. The molecule has 0 saturated carbocycles. The van der Waals surface area contributed by atoms with Gasteiger partial charge in [-0.3, -0.25) is 4.72 Å². The van der Waals surface area contributed by atoms with Crippen molar-refractivity contribution in [2.45, 2.75) is 11.3 Å². The lowest BCUT2D eigenvalue weighted by Crippen LogP contribution is -2.17. The lowest BCUT2D eigenvalue weighted by atomic mass is 10.3. The first-order valence-electron chi connectivity index (χ1n) is 8.17. The summed E-state index contributed by atoms with van der Waals surface area (Å²) >= 11 is 0. The van der Waals surface area contributed by atoms with E-state index in [1.807, 2.05) is 18.2 Å². The number of fused-ring (bicyclic) bond motifs is 1. The number of para-hydroxylation sites is 2. The van der Waals surface area contributed by atoms with Gasteiger partial charge in [0.15, 0.2) is 11.6 Å². The van der Waals surface area contributed by atoms with Gasteiger partial charge in [0.2, 0.25) is 0 Å². The number of ether oxygens (including phenoxy) is 1. The summed E-state index contributed by atoms with van der Waals surface area (Å²) in [6.45, 7) is 1.18. The van der Waals surface area contributed by atoms with Crippen LogP contribution in [0.1, 0.15) is 6.42 Å². The van der Waals surface area contributed by atoms with E-state index in [9.17, 15) is 8.42 Å². The number of hydrogen-bond acceptors (Lipinski definition) is 6. The zero-order valence-electron chi connectivity index (χ0n) is 14.3. The van der Waals surface area contributed by atoms with Gasteiger partial charge < -0.3 is 10.1 Å². The smallest absolute Gasteiger partial charge is 0.263 e. The summed E-state index contributed by atoms with van der Waals surface area (Å²) in [5.41, 5.74) is 1.30. The second-order valence-electron chi connectivity index (χ2n) is 5.60. The number of rotatable bonds is 8. The highest BCUT2D eigenvalue weighted by Crippen LogP contribution is 2.24. The molecule has 0 aliphatic rings. The number of hydrogen-bond donors (Lipinski definition) is 2. The molecule has 1 heterocycles. The SMILES string of the molecule is COCCCNc1nc2ccccc2nc1NS(=O)(=O)c1ccccc1. The maximum Gasteiger partial charge on any atom is 0.263 e. The van der Waals surface area contributed by atoms with Crippen molar-refractivity contribution in [3.05, 3.63) is 54.6 Å². The summed E-state index contributed by atoms with van der Waals surface area (Å²) < 4.78 is 32.9. The fourth-order valence-electron chi connectivity index (χ4n) is 2.40. The maximum absolute atomic E-state index is 12.6. The van der Waals surface area contributed by atoms with E-state index < -0.39 is 10.0 Å². The van der Waals surface area contributed by atoms with Crippen LogP contribution in [0.3, 0.4) is 0 Å². The Hall–Kier alpha value is -2.71. The fourth-order valence-corrected chi connectivity index (χ4v) is 3.43. The minimum atomic E-state index is -3.76. The van der Waals surface area contributed by atoms with Crippen molar-refractivity contribution in [1.82, 2.24) is 9.97 Å². The lowest BCUT2D eigenvalue weighted by Gasteiger charge is -2.13. The second kappa shape index (κ2) is 8.11. The maximum atomic E-state index is 12.6. The Labute approximate surface area is 152 Å². The summed E-state index contributed by atoms with van der Waals surface area (Å²) in [5, 5.41) is 3.13. The zero-order valence-corrected chi connectivity index (χ0v) is 15.2. The van der Waals surface area contributed by atoms with Gasteiger partial charge in [0, 0.05) is 20.3 Å². The molecule has 0 saturated heterocycles. The third kappa shape index (κ3) is 4.27. The van der Waals surface area contributed by atoms with E-state index in [0.717, 1.165) is 6.42 Å². The van der Waals surface area contributed by atoms with Crippen LogP contribution >= 0.6 is 0 Å². The molecule has 8 heteroatoms. The van der Waals surface area contributed by atoms with Crippen LogP contribution in [0.4, 0.5) is 11.6 Å². The zero-order chi connectivity index (χ0) is 18.4. The molecule has 0 atom stereocenters. The molecule has 0 amide bonds. The van der Waals surface area contributed by atoms with Crippen molar-refractivity contribution in [3.8, 4) is 0 Å². The number of sulfonamides is 1. The molecule has 26 heavy (non-hydrogen) atoms. The van der Waals surface area contributed by atoms with E-state index in [1.165, 1.54) is 12.1 Å². The largest absolute Gasteiger partial charge is 0.385 e. The van der Waals surface area contributed by atoms with Gasteiger partial charge in [-0.15, -0.1) is 0 Å². The number of benzene rings is 2. The molecule has 0 unspecified atom stereocenters. The van der Waals surface area contributed by atoms with Gasteiger partial charge in [0.1, 0.15) is 0 Å². The molecule has 0 bridgehead atoms. The first-order chi connectivity index (χ1) is 12.6. The Balaban J connectivity index is 1.94. The van der Waals surface area contributed by atoms with Gasteiger partial charge in [-0.05, 0) is 30.7 Å². The number of nitrogens with zero attached hydrogens (tertiary/aromatic N) is 2. The van der Waals surface area contributed by atoms with Gasteiger partial charge in [-0.1, -0.05) is 30.3 Å². The predicted molar refractivity (Wildman–Crippen MR) is 102 cm³/mol. The van der Waals surface area contributed by atoms with Crippen LogP contribution in [0, 0.1) is 0 Å². The molecule has 0 radical (unpaired) electrons. The molecule has 0 aliphatic carbocycles. The molecule has 2 aromatic carbocycles. The Morgan fingerprint density at radius 1 is 0.923 bits per heavy atom. The Morgan fingerprint density at radius 2 is 1.54 bits per heavy atom.